The summed E-state index contributed by atoms with van der Waals surface area (Å²) < 4.78 is 0. The van der Waals surface area contributed by atoms with E-state index in [0.717, 1.165) is 5.69 Å². The van der Waals surface area contributed by atoms with E-state index in [1.807, 2.05) is 18.3 Å². The van der Waals surface area contributed by atoms with Crippen molar-refractivity contribution in [2.24, 2.45) is 4.99 Å². The van der Waals surface area contributed by atoms with Gasteiger partial charge in [-0.25, -0.2) is 0 Å². The predicted molar refractivity (Wildman–Crippen MR) is 99.9 cm³/mol. The van der Waals surface area contributed by atoms with Gasteiger partial charge in [-0.2, -0.15) is 0 Å². The molecule has 0 aliphatic carbocycles. The molecular weight excluding hydrogens is 278 g/mol. The zero-order valence-electron chi connectivity index (χ0n) is 13.0. The molecule has 1 nitrogen and oxygen atoms in total. The summed E-state index contributed by atoms with van der Waals surface area (Å²) in [7, 11) is 0. The van der Waals surface area contributed by atoms with Crippen LogP contribution in [0.25, 0.3) is 21.5 Å². The SMILES string of the molecule is Cc1ccccc1N=Cc1c2ccccc2cc2ccccc12. The molecule has 0 saturated carbocycles. The van der Waals surface area contributed by atoms with Crippen molar-refractivity contribution < 1.29 is 0 Å². The monoisotopic (exact) mass is 295 g/mol. The highest BCUT2D eigenvalue weighted by Crippen LogP contribution is 2.28. The zero-order chi connectivity index (χ0) is 15.6. The zero-order valence-corrected chi connectivity index (χ0v) is 13.0. The van der Waals surface area contributed by atoms with Crippen LogP contribution < -0.4 is 0 Å². The number of fused-ring (bicyclic) bond motifs is 2. The number of rotatable bonds is 2. The van der Waals surface area contributed by atoms with Gasteiger partial charge in [-0.1, -0.05) is 66.7 Å². The van der Waals surface area contributed by atoms with Crippen molar-refractivity contribution in [1.82, 2.24) is 0 Å². The fourth-order valence-corrected chi connectivity index (χ4v) is 3.03. The Hall–Kier alpha value is -2.93. The molecule has 0 amide bonds. The smallest absolute Gasteiger partial charge is 0.0659 e. The topological polar surface area (TPSA) is 12.4 Å². The lowest BCUT2D eigenvalue weighted by Gasteiger charge is -2.08. The molecule has 0 spiro atoms. The molecule has 1 heteroatoms. The van der Waals surface area contributed by atoms with E-state index in [9.17, 15) is 0 Å². The van der Waals surface area contributed by atoms with E-state index in [0.29, 0.717) is 0 Å². The van der Waals surface area contributed by atoms with Gasteiger partial charge in [0.2, 0.25) is 0 Å². The van der Waals surface area contributed by atoms with E-state index in [1.165, 1.54) is 32.7 Å². The molecule has 110 valence electrons. The van der Waals surface area contributed by atoms with Crippen LogP contribution in [0, 0.1) is 6.92 Å². The van der Waals surface area contributed by atoms with Crippen molar-refractivity contribution in [2.75, 3.05) is 0 Å². The highest BCUT2D eigenvalue weighted by molar-refractivity contribution is 6.13. The maximum absolute atomic E-state index is 4.75. The summed E-state index contributed by atoms with van der Waals surface area (Å²) in [5.41, 5.74) is 3.39. The molecule has 0 fully saturated rings. The lowest BCUT2D eigenvalue weighted by atomic mass is 9.97. The average molecular weight is 295 g/mol. The minimum Gasteiger partial charge on any atom is -0.256 e. The molecule has 0 aromatic heterocycles. The molecule has 0 saturated heterocycles. The first-order chi connectivity index (χ1) is 11.3. The Kier molecular flexibility index (Phi) is 3.39. The summed E-state index contributed by atoms with van der Waals surface area (Å²) in [6.07, 6.45) is 2.01. The Morgan fingerprint density at radius 1 is 0.696 bits per heavy atom. The third-order valence-electron chi connectivity index (χ3n) is 4.26. The third kappa shape index (κ3) is 2.51. The molecule has 0 bridgehead atoms. The van der Waals surface area contributed by atoms with Crippen molar-refractivity contribution in [3.8, 4) is 0 Å². The van der Waals surface area contributed by atoms with E-state index in [1.54, 1.807) is 0 Å². The average Bonchev–Trinajstić information content (AvgIpc) is 2.60. The van der Waals surface area contributed by atoms with Crippen LogP contribution >= 0.6 is 0 Å². The Morgan fingerprint density at radius 2 is 1.26 bits per heavy atom. The van der Waals surface area contributed by atoms with E-state index in [-0.39, 0.29) is 0 Å². The first-order valence-corrected chi connectivity index (χ1v) is 7.83. The summed E-state index contributed by atoms with van der Waals surface area (Å²) in [6, 6.07) is 27.5. The number of nitrogens with zero attached hydrogens (tertiary/aromatic N) is 1. The first kappa shape index (κ1) is 13.7. The second-order valence-corrected chi connectivity index (χ2v) is 5.78. The van der Waals surface area contributed by atoms with Crippen LogP contribution in [0.3, 0.4) is 0 Å². The molecule has 0 atom stereocenters. The van der Waals surface area contributed by atoms with Crippen LogP contribution in [0.1, 0.15) is 11.1 Å². The van der Waals surface area contributed by atoms with Crippen molar-refractivity contribution in [2.45, 2.75) is 6.92 Å². The number of aliphatic imine (C=N–C) groups is 1. The largest absolute Gasteiger partial charge is 0.256 e. The fraction of sp³-hybridized carbons (Fsp3) is 0.0455. The van der Waals surface area contributed by atoms with E-state index in [2.05, 4.69) is 73.7 Å². The lowest BCUT2D eigenvalue weighted by molar-refractivity contribution is 1.41. The number of para-hydroxylation sites is 1. The van der Waals surface area contributed by atoms with Crippen molar-refractivity contribution in [3.05, 3.63) is 90.0 Å². The highest BCUT2D eigenvalue weighted by atomic mass is 14.7. The summed E-state index contributed by atoms with van der Waals surface area (Å²) in [5, 5.41) is 4.97. The van der Waals surface area contributed by atoms with E-state index < -0.39 is 0 Å². The van der Waals surface area contributed by atoms with Crippen LogP contribution in [-0.4, -0.2) is 6.21 Å². The molecular formula is C22H17N. The minimum absolute atomic E-state index is 1.02. The molecule has 0 unspecified atom stereocenters. The van der Waals surface area contributed by atoms with Crippen LogP contribution in [0.5, 0.6) is 0 Å². The number of hydrogen-bond acceptors (Lipinski definition) is 1. The third-order valence-corrected chi connectivity index (χ3v) is 4.26. The Bertz CT molecular complexity index is 974. The van der Waals surface area contributed by atoms with Gasteiger partial charge < -0.3 is 0 Å². The Morgan fingerprint density at radius 3 is 1.91 bits per heavy atom. The predicted octanol–water partition coefficient (Wildman–Crippen LogP) is 6.05. The quantitative estimate of drug-likeness (QED) is 0.315. The van der Waals surface area contributed by atoms with Gasteiger partial charge in [-0.3, -0.25) is 4.99 Å². The van der Waals surface area contributed by atoms with Gasteiger partial charge in [0.1, 0.15) is 0 Å². The second-order valence-electron chi connectivity index (χ2n) is 5.78. The molecule has 0 aliphatic heterocycles. The normalized spacial score (nSPS) is 11.5. The summed E-state index contributed by atoms with van der Waals surface area (Å²) >= 11 is 0. The van der Waals surface area contributed by atoms with Gasteiger partial charge >= 0.3 is 0 Å². The van der Waals surface area contributed by atoms with Gasteiger partial charge in [0.15, 0.2) is 0 Å². The van der Waals surface area contributed by atoms with Crippen molar-refractivity contribution in [3.63, 3.8) is 0 Å². The second kappa shape index (κ2) is 5.69. The van der Waals surface area contributed by atoms with Crippen LogP contribution in [0.4, 0.5) is 5.69 Å². The van der Waals surface area contributed by atoms with Crippen LogP contribution in [-0.2, 0) is 0 Å². The molecule has 4 aromatic rings. The molecule has 0 heterocycles. The summed E-state index contributed by atoms with van der Waals surface area (Å²) in [4.78, 5) is 4.75. The number of hydrogen-bond donors (Lipinski definition) is 0. The maximum Gasteiger partial charge on any atom is 0.0659 e. The molecule has 0 radical (unpaired) electrons. The minimum atomic E-state index is 1.02. The van der Waals surface area contributed by atoms with Crippen molar-refractivity contribution in [1.29, 1.82) is 0 Å². The standard InChI is InChI=1S/C22H17N/c1-16-8-2-7-13-22(16)23-15-21-19-11-5-3-9-17(19)14-18-10-4-6-12-20(18)21/h2-15H,1H3. The van der Waals surface area contributed by atoms with Crippen LogP contribution in [0.15, 0.2) is 83.9 Å². The molecule has 0 aliphatic rings. The van der Waals surface area contributed by atoms with Crippen LogP contribution in [0.2, 0.25) is 0 Å². The molecule has 0 N–H and O–H groups in total. The van der Waals surface area contributed by atoms with Gasteiger partial charge in [0.05, 0.1) is 5.69 Å². The number of aryl methyl sites for hydroxylation is 1. The molecule has 4 aromatic carbocycles. The van der Waals surface area contributed by atoms with Gasteiger partial charge in [0.25, 0.3) is 0 Å². The Balaban J connectivity index is 1.98. The maximum atomic E-state index is 4.75. The lowest BCUT2D eigenvalue weighted by Crippen LogP contribution is -1.88. The fourth-order valence-electron chi connectivity index (χ4n) is 3.03. The highest BCUT2D eigenvalue weighted by Gasteiger charge is 2.05. The van der Waals surface area contributed by atoms with E-state index >= 15 is 0 Å². The van der Waals surface area contributed by atoms with Gasteiger partial charge in [-0.15, -0.1) is 0 Å². The summed E-state index contributed by atoms with van der Waals surface area (Å²) in [6.45, 7) is 2.09. The Labute approximate surface area is 135 Å². The van der Waals surface area contributed by atoms with Gasteiger partial charge in [-0.05, 0) is 46.2 Å². The van der Waals surface area contributed by atoms with Gasteiger partial charge in [0, 0.05) is 11.8 Å². The molecule has 4 rings (SSSR count). The van der Waals surface area contributed by atoms with E-state index in [4.69, 9.17) is 4.99 Å². The number of benzene rings is 4. The first-order valence-electron chi connectivity index (χ1n) is 7.83. The molecule has 23 heavy (non-hydrogen) atoms. The summed E-state index contributed by atoms with van der Waals surface area (Å²) in [5.74, 6) is 0. The van der Waals surface area contributed by atoms with Crippen molar-refractivity contribution >= 4 is 33.4 Å².